The third-order valence-electron chi connectivity index (χ3n) is 3.95. The molecule has 0 aliphatic carbocycles. The lowest BCUT2D eigenvalue weighted by molar-refractivity contribution is -0.278. The van der Waals surface area contributed by atoms with Crippen LogP contribution in [0.1, 0.15) is 51.5 Å². The Morgan fingerprint density at radius 1 is 1.12 bits per heavy atom. The van der Waals surface area contributed by atoms with E-state index in [1.165, 1.54) is 24.3 Å². The standard InChI is InChI=1S/C18H25F3O3/c1-4-5-6-8-11-14(2)24-16(22)17(23-3,18(19,20)21)15-12-9-7-10-13-15/h7,9-10,12-14H,4-6,8,11H2,1-3H3. The molecule has 6 heteroatoms. The van der Waals surface area contributed by atoms with E-state index in [9.17, 15) is 18.0 Å². The van der Waals surface area contributed by atoms with Crippen molar-refractivity contribution < 1.29 is 27.4 Å². The Hall–Kier alpha value is -1.56. The van der Waals surface area contributed by atoms with Gasteiger partial charge in [-0.25, -0.2) is 4.79 Å². The van der Waals surface area contributed by atoms with Crippen LogP contribution in [0.15, 0.2) is 30.3 Å². The van der Waals surface area contributed by atoms with Gasteiger partial charge >= 0.3 is 12.1 Å². The maximum Gasteiger partial charge on any atom is 0.432 e. The summed E-state index contributed by atoms with van der Waals surface area (Å²) in [4.78, 5) is 12.4. The van der Waals surface area contributed by atoms with E-state index < -0.39 is 23.9 Å². The third-order valence-corrected chi connectivity index (χ3v) is 3.95. The number of rotatable bonds is 9. The van der Waals surface area contributed by atoms with E-state index in [2.05, 4.69) is 6.92 Å². The van der Waals surface area contributed by atoms with E-state index in [1.807, 2.05) is 0 Å². The zero-order valence-corrected chi connectivity index (χ0v) is 14.4. The lowest BCUT2D eigenvalue weighted by atomic mass is 9.92. The minimum atomic E-state index is -4.93. The molecule has 0 amide bonds. The van der Waals surface area contributed by atoms with Crippen molar-refractivity contribution in [3.05, 3.63) is 35.9 Å². The predicted octanol–water partition coefficient (Wildman–Crippen LogP) is 4.99. The van der Waals surface area contributed by atoms with Gasteiger partial charge in [0.1, 0.15) is 0 Å². The van der Waals surface area contributed by atoms with Gasteiger partial charge in [-0.3, -0.25) is 0 Å². The number of ether oxygens (including phenoxy) is 2. The summed E-state index contributed by atoms with van der Waals surface area (Å²) in [5, 5.41) is 0. The molecule has 24 heavy (non-hydrogen) atoms. The molecular formula is C18H25F3O3. The number of benzene rings is 1. The highest BCUT2D eigenvalue weighted by Crippen LogP contribution is 2.43. The van der Waals surface area contributed by atoms with Gasteiger partial charge in [-0.05, 0) is 19.8 Å². The number of esters is 1. The van der Waals surface area contributed by atoms with Crippen LogP contribution in [0.2, 0.25) is 0 Å². The van der Waals surface area contributed by atoms with E-state index in [0.717, 1.165) is 32.8 Å². The molecule has 0 saturated carbocycles. The fraction of sp³-hybridized carbons (Fsp3) is 0.611. The molecule has 136 valence electrons. The summed E-state index contributed by atoms with van der Waals surface area (Å²) < 4.78 is 50.8. The molecule has 3 nitrogen and oxygen atoms in total. The van der Waals surface area contributed by atoms with Crippen LogP contribution in [-0.4, -0.2) is 25.4 Å². The molecule has 0 heterocycles. The van der Waals surface area contributed by atoms with E-state index in [4.69, 9.17) is 9.47 Å². The van der Waals surface area contributed by atoms with Crippen LogP contribution in [0, 0.1) is 0 Å². The zero-order valence-electron chi connectivity index (χ0n) is 14.4. The first kappa shape index (κ1) is 20.5. The topological polar surface area (TPSA) is 35.5 Å². The van der Waals surface area contributed by atoms with Crippen LogP contribution >= 0.6 is 0 Å². The Labute approximate surface area is 141 Å². The summed E-state index contributed by atoms with van der Waals surface area (Å²) in [6.07, 6.45) is -1.13. The Morgan fingerprint density at radius 3 is 2.25 bits per heavy atom. The summed E-state index contributed by atoms with van der Waals surface area (Å²) in [7, 11) is 0.869. The Kier molecular flexibility index (Phi) is 7.73. The van der Waals surface area contributed by atoms with Crippen LogP contribution < -0.4 is 0 Å². The van der Waals surface area contributed by atoms with Crippen LogP contribution in [0.25, 0.3) is 0 Å². The molecule has 0 radical (unpaired) electrons. The minimum Gasteiger partial charge on any atom is -0.460 e. The quantitative estimate of drug-likeness (QED) is 0.467. The van der Waals surface area contributed by atoms with Gasteiger partial charge in [0.15, 0.2) is 0 Å². The fourth-order valence-electron chi connectivity index (χ4n) is 2.57. The second-order valence-corrected chi connectivity index (χ2v) is 5.81. The fourth-order valence-corrected chi connectivity index (χ4v) is 2.57. The van der Waals surface area contributed by atoms with Gasteiger partial charge in [-0.1, -0.05) is 56.5 Å². The molecule has 2 unspecified atom stereocenters. The van der Waals surface area contributed by atoms with Crippen molar-refractivity contribution in [2.45, 2.75) is 63.8 Å². The number of methoxy groups -OCH3 is 1. The highest BCUT2D eigenvalue weighted by atomic mass is 19.4. The van der Waals surface area contributed by atoms with Crippen LogP contribution in [0.5, 0.6) is 0 Å². The molecule has 0 bridgehead atoms. The average Bonchev–Trinajstić information content (AvgIpc) is 2.52. The van der Waals surface area contributed by atoms with Crippen molar-refractivity contribution in [2.24, 2.45) is 0 Å². The first-order chi connectivity index (χ1) is 11.3. The van der Waals surface area contributed by atoms with Gasteiger partial charge in [0.2, 0.25) is 0 Å². The van der Waals surface area contributed by atoms with Crippen molar-refractivity contribution in [3.63, 3.8) is 0 Å². The molecule has 0 aromatic heterocycles. The van der Waals surface area contributed by atoms with E-state index in [-0.39, 0.29) is 5.56 Å². The first-order valence-corrected chi connectivity index (χ1v) is 8.18. The minimum absolute atomic E-state index is 0.289. The van der Waals surface area contributed by atoms with E-state index in [1.54, 1.807) is 13.0 Å². The van der Waals surface area contributed by atoms with Crippen molar-refractivity contribution in [1.82, 2.24) is 0 Å². The molecule has 0 aliphatic heterocycles. The number of halogens is 3. The molecule has 0 spiro atoms. The lowest BCUT2D eigenvalue weighted by Gasteiger charge is -2.33. The average molecular weight is 346 g/mol. The predicted molar refractivity (Wildman–Crippen MR) is 85.5 cm³/mol. The number of carbonyl (C=O) groups excluding carboxylic acids is 1. The molecule has 1 aromatic rings. The SMILES string of the molecule is CCCCCCC(C)OC(=O)C(OC)(c1ccccc1)C(F)(F)F. The zero-order chi connectivity index (χ0) is 18.2. The summed E-state index contributed by atoms with van der Waals surface area (Å²) in [6.45, 7) is 3.67. The Bertz CT molecular complexity index is 502. The summed E-state index contributed by atoms with van der Waals surface area (Å²) >= 11 is 0. The van der Waals surface area contributed by atoms with Gasteiger partial charge in [0.25, 0.3) is 5.60 Å². The molecule has 1 rings (SSSR count). The van der Waals surface area contributed by atoms with Crippen LogP contribution in [0.4, 0.5) is 13.2 Å². The molecule has 0 fully saturated rings. The molecule has 0 aliphatic rings. The molecule has 0 saturated heterocycles. The number of hydrogen-bond acceptors (Lipinski definition) is 3. The molecule has 1 aromatic carbocycles. The second kappa shape index (κ2) is 9.06. The van der Waals surface area contributed by atoms with Gasteiger partial charge < -0.3 is 9.47 Å². The summed E-state index contributed by atoms with van der Waals surface area (Å²) in [5.41, 5.74) is -3.39. The van der Waals surface area contributed by atoms with Crippen LogP contribution in [-0.2, 0) is 19.9 Å². The number of carbonyl (C=O) groups is 1. The van der Waals surface area contributed by atoms with Crippen molar-refractivity contribution in [1.29, 1.82) is 0 Å². The van der Waals surface area contributed by atoms with E-state index >= 15 is 0 Å². The highest BCUT2D eigenvalue weighted by molar-refractivity contribution is 5.82. The lowest BCUT2D eigenvalue weighted by Crippen LogP contribution is -2.52. The summed E-state index contributed by atoms with van der Waals surface area (Å²) in [5.74, 6) is -1.42. The molecular weight excluding hydrogens is 321 g/mol. The van der Waals surface area contributed by atoms with Gasteiger partial charge in [-0.15, -0.1) is 0 Å². The van der Waals surface area contributed by atoms with Crippen molar-refractivity contribution in [2.75, 3.05) is 7.11 Å². The Morgan fingerprint density at radius 2 is 1.75 bits per heavy atom. The second-order valence-electron chi connectivity index (χ2n) is 5.81. The summed E-state index contributed by atoms with van der Waals surface area (Å²) in [6, 6.07) is 6.85. The van der Waals surface area contributed by atoms with Crippen molar-refractivity contribution >= 4 is 5.97 Å². The smallest absolute Gasteiger partial charge is 0.432 e. The van der Waals surface area contributed by atoms with Gasteiger partial charge in [0, 0.05) is 12.7 Å². The number of hydrogen-bond donors (Lipinski definition) is 0. The van der Waals surface area contributed by atoms with E-state index in [0.29, 0.717) is 6.42 Å². The third kappa shape index (κ3) is 4.72. The highest BCUT2D eigenvalue weighted by Gasteiger charge is 2.64. The monoisotopic (exact) mass is 346 g/mol. The number of unbranched alkanes of at least 4 members (excludes halogenated alkanes) is 3. The largest absolute Gasteiger partial charge is 0.460 e. The molecule has 2 atom stereocenters. The van der Waals surface area contributed by atoms with Crippen LogP contribution in [0.3, 0.4) is 0 Å². The normalized spacial score (nSPS) is 15.6. The van der Waals surface area contributed by atoms with Gasteiger partial charge in [0.05, 0.1) is 6.10 Å². The number of alkyl halides is 3. The molecule has 0 N–H and O–H groups in total. The maximum absolute atomic E-state index is 13.7. The van der Waals surface area contributed by atoms with Crippen molar-refractivity contribution in [3.8, 4) is 0 Å². The first-order valence-electron chi connectivity index (χ1n) is 8.18. The maximum atomic E-state index is 13.7. The Balaban J connectivity index is 2.94. The van der Waals surface area contributed by atoms with Gasteiger partial charge in [-0.2, -0.15) is 13.2 Å².